The predicted octanol–water partition coefficient (Wildman–Crippen LogP) is 3.57. The summed E-state index contributed by atoms with van der Waals surface area (Å²) >= 11 is 2.88. The first-order chi connectivity index (χ1) is 9.90. The molecule has 2 aromatic rings. The van der Waals surface area contributed by atoms with Crippen molar-refractivity contribution in [2.75, 3.05) is 0 Å². The Labute approximate surface area is 127 Å². The Morgan fingerprint density at radius 2 is 2.00 bits per heavy atom. The highest BCUT2D eigenvalue weighted by Crippen LogP contribution is 2.36. The monoisotopic (exact) mass is 353 g/mol. The number of nitrogens with two attached hydrogens (primary N) is 1. The molecule has 108 valence electrons. The van der Waals surface area contributed by atoms with E-state index in [0.29, 0.717) is 0 Å². The minimum Gasteiger partial charge on any atom is -0.449 e. The van der Waals surface area contributed by atoms with Crippen LogP contribution in [0.2, 0.25) is 0 Å². The normalized spacial score (nSPS) is 10.2. The van der Waals surface area contributed by atoms with E-state index in [0.717, 1.165) is 12.1 Å². The van der Waals surface area contributed by atoms with Crippen LogP contribution in [0.5, 0.6) is 11.5 Å². The van der Waals surface area contributed by atoms with Crippen LogP contribution < -0.4 is 10.5 Å². The molecule has 0 unspecified atom stereocenters. The SMILES string of the molecule is N=C(N)c1ccccc1Oc1cc(F)c(Br)cc1[N+](=O)[O-]. The number of nitrogens with one attached hydrogen (secondary N) is 1. The van der Waals surface area contributed by atoms with Crippen molar-refractivity contribution in [1.29, 1.82) is 5.41 Å². The summed E-state index contributed by atoms with van der Waals surface area (Å²) in [4.78, 5) is 10.3. The number of benzene rings is 2. The van der Waals surface area contributed by atoms with Crippen molar-refractivity contribution in [2.45, 2.75) is 0 Å². The summed E-state index contributed by atoms with van der Waals surface area (Å²) in [5.41, 5.74) is 5.27. The van der Waals surface area contributed by atoms with Gasteiger partial charge in [0, 0.05) is 12.1 Å². The number of hydrogen-bond donors (Lipinski definition) is 2. The van der Waals surface area contributed by atoms with Crippen LogP contribution in [0.3, 0.4) is 0 Å². The van der Waals surface area contributed by atoms with Crippen LogP contribution in [0.15, 0.2) is 40.9 Å². The van der Waals surface area contributed by atoms with Crippen molar-refractivity contribution < 1.29 is 14.1 Å². The van der Waals surface area contributed by atoms with Gasteiger partial charge in [0.2, 0.25) is 5.75 Å². The number of halogens is 2. The summed E-state index contributed by atoms with van der Waals surface area (Å²) in [6.07, 6.45) is 0. The lowest BCUT2D eigenvalue weighted by atomic mass is 10.2. The van der Waals surface area contributed by atoms with Crippen LogP contribution >= 0.6 is 15.9 Å². The molecular weight excluding hydrogens is 345 g/mol. The number of rotatable bonds is 4. The molecule has 8 heteroatoms. The van der Waals surface area contributed by atoms with Gasteiger partial charge < -0.3 is 10.5 Å². The van der Waals surface area contributed by atoms with Crippen molar-refractivity contribution in [1.82, 2.24) is 0 Å². The molecule has 21 heavy (non-hydrogen) atoms. The second kappa shape index (κ2) is 5.88. The third-order valence-electron chi connectivity index (χ3n) is 2.60. The first-order valence-electron chi connectivity index (χ1n) is 5.65. The summed E-state index contributed by atoms with van der Waals surface area (Å²) in [7, 11) is 0. The van der Waals surface area contributed by atoms with Gasteiger partial charge in [-0.15, -0.1) is 0 Å². The molecule has 0 fully saturated rings. The number of nitrogens with zero attached hydrogens (tertiary/aromatic N) is 1. The van der Waals surface area contributed by atoms with E-state index in [1.807, 2.05) is 0 Å². The van der Waals surface area contributed by atoms with Crippen molar-refractivity contribution in [3.63, 3.8) is 0 Å². The molecule has 0 amide bonds. The van der Waals surface area contributed by atoms with Gasteiger partial charge in [-0.3, -0.25) is 15.5 Å². The summed E-state index contributed by atoms with van der Waals surface area (Å²) in [6, 6.07) is 8.18. The molecular formula is C13H9BrFN3O3. The minimum atomic E-state index is -0.698. The topological polar surface area (TPSA) is 102 Å². The van der Waals surface area contributed by atoms with E-state index in [1.54, 1.807) is 12.1 Å². The van der Waals surface area contributed by atoms with Gasteiger partial charge in [0.25, 0.3) is 0 Å². The van der Waals surface area contributed by atoms with E-state index in [2.05, 4.69) is 15.9 Å². The molecule has 0 aliphatic heterocycles. The van der Waals surface area contributed by atoms with Crippen LogP contribution in [-0.4, -0.2) is 10.8 Å². The molecule has 2 aromatic carbocycles. The van der Waals surface area contributed by atoms with Crippen LogP contribution in [0.25, 0.3) is 0 Å². The van der Waals surface area contributed by atoms with Crippen molar-refractivity contribution >= 4 is 27.5 Å². The fourth-order valence-electron chi connectivity index (χ4n) is 1.64. The number of nitro benzene ring substituents is 1. The van der Waals surface area contributed by atoms with Crippen molar-refractivity contribution in [3.05, 3.63) is 62.4 Å². The van der Waals surface area contributed by atoms with Gasteiger partial charge in [-0.1, -0.05) is 12.1 Å². The molecule has 0 saturated heterocycles. The van der Waals surface area contributed by atoms with E-state index in [4.69, 9.17) is 15.9 Å². The average molecular weight is 354 g/mol. The predicted molar refractivity (Wildman–Crippen MR) is 78.3 cm³/mol. The zero-order chi connectivity index (χ0) is 15.6. The number of ether oxygens (including phenoxy) is 1. The first kappa shape index (κ1) is 14.9. The van der Waals surface area contributed by atoms with Gasteiger partial charge >= 0.3 is 5.69 Å². The molecule has 0 aliphatic rings. The first-order valence-corrected chi connectivity index (χ1v) is 6.44. The maximum atomic E-state index is 13.6. The summed E-state index contributed by atoms with van der Waals surface area (Å²) in [6.45, 7) is 0. The third kappa shape index (κ3) is 3.16. The highest BCUT2D eigenvalue weighted by molar-refractivity contribution is 9.10. The van der Waals surface area contributed by atoms with Crippen LogP contribution in [-0.2, 0) is 0 Å². The second-order valence-electron chi connectivity index (χ2n) is 4.00. The summed E-state index contributed by atoms with van der Waals surface area (Å²) in [5, 5.41) is 18.4. The lowest BCUT2D eigenvalue weighted by Gasteiger charge is -2.10. The Bertz CT molecular complexity index is 737. The maximum Gasteiger partial charge on any atom is 0.312 e. The standard InChI is InChI=1S/C13H9BrFN3O3/c14-8-5-10(18(19)20)12(6-9(8)15)21-11-4-2-1-3-7(11)13(16)17/h1-6H,(H3,16,17). The van der Waals surface area contributed by atoms with Gasteiger partial charge in [0.1, 0.15) is 17.4 Å². The molecule has 0 bridgehead atoms. The molecule has 3 N–H and O–H groups in total. The van der Waals surface area contributed by atoms with Gasteiger partial charge in [-0.2, -0.15) is 0 Å². The molecule has 0 atom stereocenters. The zero-order valence-corrected chi connectivity index (χ0v) is 12.1. The molecule has 2 rings (SSSR count). The lowest BCUT2D eigenvalue weighted by Crippen LogP contribution is -2.12. The zero-order valence-electron chi connectivity index (χ0n) is 10.5. The minimum absolute atomic E-state index is 0.0404. The quantitative estimate of drug-likeness (QED) is 0.379. The Balaban J connectivity index is 2.52. The van der Waals surface area contributed by atoms with E-state index in [1.165, 1.54) is 12.1 Å². The smallest absolute Gasteiger partial charge is 0.312 e. The van der Waals surface area contributed by atoms with Gasteiger partial charge in [-0.25, -0.2) is 4.39 Å². The van der Waals surface area contributed by atoms with Crippen molar-refractivity contribution in [3.8, 4) is 11.5 Å². The average Bonchev–Trinajstić information content (AvgIpc) is 2.42. The lowest BCUT2D eigenvalue weighted by molar-refractivity contribution is -0.385. The van der Waals surface area contributed by atoms with Crippen LogP contribution in [0, 0.1) is 21.3 Å². The van der Waals surface area contributed by atoms with Crippen LogP contribution in [0.1, 0.15) is 5.56 Å². The van der Waals surface area contributed by atoms with E-state index in [9.17, 15) is 14.5 Å². The number of nitro groups is 1. The number of nitrogen functional groups attached to an aromatic ring is 1. The number of amidine groups is 1. The fourth-order valence-corrected chi connectivity index (χ4v) is 1.97. The summed E-state index contributed by atoms with van der Waals surface area (Å²) < 4.78 is 18.9. The molecule has 0 heterocycles. The van der Waals surface area contributed by atoms with Gasteiger partial charge in [0.05, 0.1) is 15.0 Å². The summed E-state index contributed by atoms with van der Waals surface area (Å²) in [5.74, 6) is -1.09. The van der Waals surface area contributed by atoms with Gasteiger partial charge in [-0.05, 0) is 28.1 Å². The fraction of sp³-hybridized carbons (Fsp3) is 0. The number of hydrogen-bond acceptors (Lipinski definition) is 4. The van der Waals surface area contributed by atoms with E-state index >= 15 is 0 Å². The van der Waals surface area contributed by atoms with E-state index < -0.39 is 16.4 Å². The largest absolute Gasteiger partial charge is 0.449 e. The third-order valence-corrected chi connectivity index (χ3v) is 3.20. The molecule has 0 spiro atoms. The maximum absolute atomic E-state index is 13.6. The molecule has 0 aliphatic carbocycles. The Hall–Kier alpha value is -2.48. The molecule has 0 radical (unpaired) electrons. The molecule has 0 aromatic heterocycles. The second-order valence-corrected chi connectivity index (χ2v) is 4.86. The number of para-hydroxylation sites is 1. The van der Waals surface area contributed by atoms with Crippen LogP contribution in [0.4, 0.5) is 10.1 Å². The Morgan fingerprint density at radius 1 is 1.33 bits per heavy atom. The Morgan fingerprint density at radius 3 is 2.62 bits per heavy atom. The van der Waals surface area contributed by atoms with E-state index in [-0.39, 0.29) is 27.4 Å². The molecule has 0 saturated carbocycles. The van der Waals surface area contributed by atoms with Gasteiger partial charge in [0.15, 0.2) is 0 Å². The molecule has 6 nitrogen and oxygen atoms in total. The highest BCUT2D eigenvalue weighted by Gasteiger charge is 2.20. The highest BCUT2D eigenvalue weighted by atomic mass is 79.9. The van der Waals surface area contributed by atoms with Crippen molar-refractivity contribution in [2.24, 2.45) is 5.73 Å². The Kier molecular flexibility index (Phi) is 4.18.